The van der Waals surface area contributed by atoms with E-state index in [9.17, 15) is 4.79 Å². The molecule has 7 heteroatoms. The normalized spacial score (nSPS) is 15.2. The summed E-state index contributed by atoms with van der Waals surface area (Å²) in [5.41, 5.74) is 1.79. The predicted octanol–water partition coefficient (Wildman–Crippen LogP) is 3.20. The number of nitrogens with zero attached hydrogens (tertiary/aromatic N) is 2. The lowest BCUT2D eigenvalue weighted by Crippen LogP contribution is -2.47. The Balaban J connectivity index is 1.83. The van der Waals surface area contributed by atoms with Gasteiger partial charge in [-0.2, -0.15) is 0 Å². The van der Waals surface area contributed by atoms with E-state index in [2.05, 4.69) is 29.4 Å². The molecule has 174 valence electrons. The SMILES string of the molecule is CCCCNC(=O)c1ccc(CN=C(NCC)N2CCC(OCCCOC)CC2)cc1. The zero-order chi connectivity index (χ0) is 22.3. The van der Waals surface area contributed by atoms with Gasteiger partial charge in [0.15, 0.2) is 5.96 Å². The van der Waals surface area contributed by atoms with Crippen molar-refractivity contribution < 1.29 is 14.3 Å². The molecule has 2 N–H and O–H groups in total. The number of piperidine rings is 1. The minimum absolute atomic E-state index is 0.0100. The number of likely N-dealkylation sites (tertiary alicyclic amines) is 1. The van der Waals surface area contributed by atoms with Gasteiger partial charge in [-0.25, -0.2) is 4.99 Å². The molecule has 0 aromatic heterocycles. The Morgan fingerprint density at radius 2 is 1.84 bits per heavy atom. The molecule has 1 heterocycles. The fourth-order valence-electron chi connectivity index (χ4n) is 3.52. The quantitative estimate of drug-likeness (QED) is 0.301. The van der Waals surface area contributed by atoms with Crippen molar-refractivity contribution in [1.29, 1.82) is 0 Å². The molecular formula is C24H40N4O3. The largest absolute Gasteiger partial charge is 0.385 e. The van der Waals surface area contributed by atoms with Gasteiger partial charge in [-0.3, -0.25) is 4.79 Å². The Kier molecular flexibility index (Phi) is 12.0. The average Bonchev–Trinajstić information content (AvgIpc) is 2.80. The summed E-state index contributed by atoms with van der Waals surface area (Å²) in [7, 11) is 1.72. The third kappa shape index (κ3) is 9.27. The van der Waals surface area contributed by atoms with E-state index in [0.717, 1.165) is 83.0 Å². The van der Waals surface area contributed by atoms with Crippen LogP contribution in [-0.4, -0.2) is 69.4 Å². The molecule has 0 bridgehead atoms. The topological polar surface area (TPSA) is 75.2 Å². The number of methoxy groups -OCH3 is 1. The maximum atomic E-state index is 12.1. The molecule has 1 aromatic carbocycles. The lowest BCUT2D eigenvalue weighted by molar-refractivity contribution is 0.00990. The van der Waals surface area contributed by atoms with Gasteiger partial charge in [-0.05, 0) is 50.3 Å². The third-order valence-corrected chi connectivity index (χ3v) is 5.37. The highest BCUT2D eigenvalue weighted by molar-refractivity contribution is 5.94. The first kappa shape index (κ1) is 25.1. The van der Waals surface area contributed by atoms with Crippen LogP contribution in [0.15, 0.2) is 29.3 Å². The molecule has 1 aromatic rings. The summed E-state index contributed by atoms with van der Waals surface area (Å²) in [6.07, 6.45) is 5.37. The second-order valence-corrected chi connectivity index (χ2v) is 7.88. The van der Waals surface area contributed by atoms with Crippen LogP contribution in [-0.2, 0) is 16.0 Å². The van der Waals surface area contributed by atoms with Crippen molar-refractivity contribution >= 4 is 11.9 Å². The predicted molar refractivity (Wildman–Crippen MR) is 126 cm³/mol. The molecule has 1 saturated heterocycles. The summed E-state index contributed by atoms with van der Waals surface area (Å²) < 4.78 is 11.0. The Bertz CT molecular complexity index is 655. The van der Waals surface area contributed by atoms with E-state index in [1.165, 1.54) is 0 Å². The Labute approximate surface area is 187 Å². The van der Waals surface area contributed by atoms with Crippen molar-refractivity contribution in [3.63, 3.8) is 0 Å². The Morgan fingerprint density at radius 1 is 1.10 bits per heavy atom. The van der Waals surface area contributed by atoms with Crippen molar-refractivity contribution in [2.24, 2.45) is 4.99 Å². The highest BCUT2D eigenvalue weighted by Crippen LogP contribution is 2.15. The number of amides is 1. The molecular weight excluding hydrogens is 392 g/mol. The van der Waals surface area contributed by atoms with E-state index in [0.29, 0.717) is 18.2 Å². The molecule has 0 radical (unpaired) electrons. The van der Waals surface area contributed by atoms with Crippen molar-refractivity contribution in [2.45, 2.75) is 58.6 Å². The highest BCUT2D eigenvalue weighted by Gasteiger charge is 2.21. The van der Waals surface area contributed by atoms with Gasteiger partial charge >= 0.3 is 0 Å². The summed E-state index contributed by atoms with van der Waals surface area (Å²) >= 11 is 0. The standard InChI is InChI=1S/C24H40N4O3/c1-4-6-14-26-23(29)21-10-8-20(9-11-21)19-27-24(25-5-2)28-15-12-22(13-16-28)31-18-7-17-30-3/h8-11,22H,4-7,12-19H2,1-3H3,(H,25,27)(H,26,29). The first-order chi connectivity index (χ1) is 15.2. The van der Waals surface area contributed by atoms with Gasteiger partial charge < -0.3 is 25.0 Å². The number of benzene rings is 1. The summed E-state index contributed by atoms with van der Waals surface area (Å²) in [4.78, 5) is 19.3. The van der Waals surface area contributed by atoms with Gasteiger partial charge in [0.05, 0.1) is 12.6 Å². The molecule has 0 aliphatic carbocycles. The van der Waals surface area contributed by atoms with Crippen LogP contribution in [0, 0.1) is 0 Å². The van der Waals surface area contributed by atoms with Crippen LogP contribution in [0.2, 0.25) is 0 Å². The van der Waals surface area contributed by atoms with Gasteiger partial charge in [-0.1, -0.05) is 25.5 Å². The van der Waals surface area contributed by atoms with Crippen molar-refractivity contribution in [2.75, 3.05) is 46.5 Å². The molecule has 0 atom stereocenters. The zero-order valence-electron chi connectivity index (χ0n) is 19.5. The minimum Gasteiger partial charge on any atom is -0.385 e. The number of ether oxygens (including phenoxy) is 2. The molecule has 0 saturated carbocycles. The van der Waals surface area contributed by atoms with Crippen LogP contribution in [0.1, 0.15) is 61.9 Å². The van der Waals surface area contributed by atoms with E-state index in [1.54, 1.807) is 7.11 Å². The lowest BCUT2D eigenvalue weighted by atomic mass is 10.1. The number of carbonyl (C=O) groups is 1. The van der Waals surface area contributed by atoms with E-state index in [4.69, 9.17) is 14.5 Å². The molecule has 1 aliphatic heterocycles. The zero-order valence-corrected chi connectivity index (χ0v) is 19.5. The summed E-state index contributed by atoms with van der Waals surface area (Å²) in [5.74, 6) is 0.936. The van der Waals surface area contributed by atoms with E-state index in [-0.39, 0.29) is 5.91 Å². The van der Waals surface area contributed by atoms with Crippen molar-refractivity contribution in [3.05, 3.63) is 35.4 Å². The monoisotopic (exact) mass is 432 g/mol. The second kappa shape index (κ2) is 14.8. The van der Waals surface area contributed by atoms with Gasteiger partial charge in [0.2, 0.25) is 0 Å². The molecule has 1 aliphatic rings. The third-order valence-electron chi connectivity index (χ3n) is 5.37. The van der Waals surface area contributed by atoms with Crippen molar-refractivity contribution in [1.82, 2.24) is 15.5 Å². The molecule has 0 spiro atoms. The van der Waals surface area contributed by atoms with E-state index < -0.39 is 0 Å². The maximum Gasteiger partial charge on any atom is 0.251 e. The number of hydrogen-bond donors (Lipinski definition) is 2. The number of hydrogen-bond acceptors (Lipinski definition) is 4. The fourth-order valence-corrected chi connectivity index (χ4v) is 3.52. The number of guanidine groups is 1. The molecule has 1 fully saturated rings. The van der Waals surface area contributed by atoms with Crippen LogP contribution in [0.4, 0.5) is 0 Å². The van der Waals surface area contributed by atoms with E-state index in [1.807, 2.05) is 24.3 Å². The number of nitrogens with one attached hydrogen (secondary N) is 2. The number of unbranched alkanes of at least 4 members (excludes halogenated alkanes) is 1. The Hall–Kier alpha value is -2.12. The molecule has 31 heavy (non-hydrogen) atoms. The fraction of sp³-hybridized carbons (Fsp3) is 0.667. The smallest absolute Gasteiger partial charge is 0.251 e. The first-order valence-electron chi connectivity index (χ1n) is 11.7. The number of carbonyl (C=O) groups excluding carboxylic acids is 1. The van der Waals surface area contributed by atoms with Gasteiger partial charge in [0.1, 0.15) is 0 Å². The molecule has 2 rings (SSSR count). The van der Waals surface area contributed by atoms with Gasteiger partial charge in [0.25, 0.3) is 5.91 Å². The van der Waals surface area contributed by atoms with E-state index >= 15 is 0 Å². The van der Waals surface area contributed by atoms with Crippen LogP contribution in [0.3, 0.4) is 0 Å². The first-order valence-corrected chi connectivity index (χ1v) is 11.7. The van der Waals surface area contributed by atoms with Gasteiger partial charge in [0, 0.05) is 52.1 Å². The average molecular weight is 433 g/mol. The minimum atomic E-state index is -0.0100. The van der Waals surface area contributed by atoms with Crippen LogP contribution in [0.5, 0.6) is 0 Å². The summed E-state index contributed by atoms with van der Waals surface area (Å²) in [6.45, 7) is 9.75. The van der Waals surface area contributed by atoms with Crippen LogP contribution >= 0.6 is 0 Å². The molecule has 0 unspecified atom stereocenters. The van der Waals surface area contributed by atoms with Crippen LogP contribution < -0.4 is 10.6 Å². The summed E-state index contributed by atoms with van der Waals surface area (Å²) in [5, 5.41) is 6.36. The Morgan fingerprint density at radius 3 is 2.48 bits per heavy atom. The summed E-state index contributed by atoms with van der Waals surface area (Å²) in [6, 6.07) is 7.74. The van der Waals surface area contributed by atoms with Crippen LogP contribution in [0.25, 0.3) is 0 Å². The second-order valence-electron chi connectivity index (χ2n) is 7.88. The lowest BCUT2D eigenvalue weighted by Gasteiger charge is -2.34. The maximum absolute atomic E-state index is 12.1. The molecule has 1 amide bonds. The molecule has 7 nitrogen and oxygen atoms in total. The number of aliphatic imine (C=N–C) groups is 1. The van der Waals surface area contributed by atoms with Crippen molar-refractivity contribution in [3.8, 4) is 0 Å². The van der Waals surface area contributed by atoms with Gasteiger partial charge in [-0.15, -0.1) is 0 Å². The number of rotatable bonds is 12. The highest BCUT2D eigenvalue weighted by atomic mass is 16.5.